The van der Waals surface area contributed by atoms with Gasteiger partial charge in [-0.3, -0.25) is 19.1 Å². The predicted molar refractivity (Wildman–Crippen MR) is 104 cm³/mol. The lowest BCUT2D eigenvalue weighted by Crippen LogP contribution is -2.37. The van der Waals surface area contributed by atoms with Gasteiger partial charge >= 0.3 is 5.69 Å². The summed E-state index contributed by atoms with van der Waals surface area (Å²) >= 11 is 0. The van der Waals surface area contributed by atoms with E-state index >= 15 is 0 Å². The van der Waals surface area contributed by atoms with E-state index in [2.05, 4.69) is 15.3 Å². The summed E-state index contributed by atoms with van der Waals surface area (Å²) in [5.41, 5.74) is -0.497. The minimum absolute atomic E-state index is 0.266. The molecular formula is C19H21N5O5. The summed E-state index contributed by atoms with van der Waals surface area (Å²) in [6.45, 7) is -0.266. The van der Waals surface area contributed by atoms with Crippen LogP contribution in [0, 0.1) is 0 Å². The van der Waals surface area contributed by atoms with E-state index in [1.54, 1.807) is 35.2 Å². The molecule has 1 amide bonds. The molecule has 0 saturated carbocycles. The number of hydrogen-bond donors (Lipinski definition) is 2. The molecule has 152 valence electrons. The number of carbonyl (C=O) groups excluding carboxylic acids is 1. The first kappa shape index (κ1) is 19.9. The molecule has 0 bridgehead atoms. The molecule has 0 spiro atoms. The highest BCUT2D eigenvalue weighted by Crippen LogP contribution is 2.29. The number of aromatic nitrogens is 4. The summed E-state index contributed by atoms with van der Waals surface area (Å²) in [6, 6.07) is 5.83. The Labute approximate surface area is 165 Å². The van der Waals surface area contributed by atoms with Gasteiger partial charge < -0.3 is 19.4 Å². The van der Waals surface area contributed by atoms with Crippen molar-refractivity contribution in [3.8, 4) is 11.5 Å². The van der Waals surface area contributed by atoms with Gasteiger partial charge in [0.15, 0.2) is 0 Å². The second-order valence-corrected chi connectivity index (χ2v) is 6.28. The van der Waals surface area contributed by atoms with E-state index in [1.165, 1.54) is 26.5 Å². The third-order valence-electron chi connectivity index (χ3n) is 4.34. The Hall–Kier alpha value is -3.82. The number of hydrogen-bond acceptors (Lipinski definition) is 6. The molecule has 2 N–H and O–H groups in total. The zero-order valence-corrected chi connectivity index (χ0v) is 16.2. The van der Waals surface area contributed by atoms with Crippen molar-refractivity contribution in [1.29, 1.82) is 0 Å². The SMILES string of the molecule is COc1cc(OC)cc(C(NC(=O)Cn2ccc(=O)[nH]c2=O)c2nccn2C)c1. The first-order valence-corrected chi connectivity index (χ1v) is 8.70. The van der Waals surface area contributed by atoms with Crippen LogP contribution in [0.1, 0.15) is 17.4 Å². The lowest BCUT2D eigenvalue weighted by Gasteiger charge is -2.20. The van der Waals surface area contributed by atoms with Gasteiger partial charge in [-0.1, -0.05) is 0 Å². The van der Waals surface area contributed by atoms with Crippen molar-refractivity contribution in [2.45, 2.75) is 12.6 Å². The summed E-state index contributed by atoms with van der Waals surface area (Å²) in [4.78, 5) is 42.2. The van der Waals surface area contributed by atoms with Crippen molar-refractivity contribution in [3.05, 3.63) is 75.1 Å². The van der Waals surface area contributed by atoms with E-state index in [0.29, 0.717) is 22.9 Å². The maximum atomic E-state index is 12.7. The fourth-order valence-electron chi connectivity index (χ4n) is 2.88. The number of aryl methyl sites for hydroxylation is 1. The number of rotatable bonds is 7. The lowest BCUT2D eigenvalue weighted by molar-refractivity contribution is -0.122. The highest BCUT2D eigenvalue weighted by molar-refractivity contribution is 5.76. The molecule has 1 aromatic carbocycles. The number of H-pyrrole nitrogens is 1. The number of nitrogens with zero attached hydrogens (tertiary/aromatic N) is 3. The predicted octanol–water partition coefficient (Wildman–Crippen LogP) is 0.193. The highest BCUT2D eigenvalue weighted by atomic mass is 16.5. The molecule has 29 heavy (non-hydrogen) atoms. The summed E-state index contributed by atoms with van der Waals surface area (Å²) < 4.78 is 13.5. The van der Waals surface area contributed by atoms with Crippen LogP contribution in [0.15, 0.2) is 52.4 Å². The molecule has 1 atom stereocenters. The van der Waals surface area contributed by atoms with Gasteiger partial charge in [-0.25, -0.2) is 9.78 Å². The third kappa shape index (κ3) is 4.54. The van der Waals surface area contributed by atoms with E-state index in [4.69, 9.17) is 9.47 Å². The van der Waals surface area contributed by atoms with E-state index in [9.17, 15) is 14.4 Å². The first-order valence-electron chi connectivity index (χ1n) is 8.70. The summed E-state index contributed by atoms with van der Waals surface area (Å²) in [5, 5.41) is 2.88. The second-order valence-electron chi connectivity index (χ2n) is 6.28. The van der Waals surface area contributed by atoms with Gasteiger partial charge in [-0.05, 0) is 17.7 Å². The Bertz CT molecular complexity index is 1110. The number of nitrogens with one attached hydrogen (secondary N) is 2. The number of aromatic amines is 1. The van der Waals surface area contributed by atoms with Crippen LogP contribution in [0.2, 0.25) is 0 Å². The molecule has 2 aromatic heterocycles. The number of benzene rings is 1. The summed E-state index contributed by atoms with van der Waals surface area (Å²) in [5.74, 6) is 1.27. The number of ether oxygens (including phenoxy) is 2. The Balaban J connectivity index is 1.95. The van der Waals surface area contributed by atoms with Gasteiger partial charge in [-0.2, -0.15) is 0 Å². The van der Waals surface area contributed by atoms with Gasteiger partial charge in [0.1, 0.15) is 29.9 Å². The number of methoxy groups -OCH3 is 2. The summed E-state index contributed by atoms with van der Waals surface area (Å²) in [6.07, 6.45) is 4.65. The fourth-order valence-corrected chi connectivity index (χ4v) is 2.88. The zero-order chi connectivity index (χ0) is 21.0. The van der Waals surface area contributed by atoms with Crippen molar-refractivity contribution in [3.63, 3.8) is 0 Å². The quantitative estimate of drug-likeness (QED) is 0.585. The highest BCUT2D eigenvalue weighted by Gasteiger charge is 2.22. The molecule has 0 fully saturated rings. The molecule has 0 aliphatic carbocycles. The number of amides is 1. The normalized spacial score (nSPS) is 11.7. The van der Waals surface area contributed by atoms with Crippen LogP contribution < -0.4 is 26.0 Å². The van der Waals surface area contributed by atoms with Crippen LogP contribution in [0.5, 0.6) is 11.5 Å². The molecule has 10 nitrogen and oxygen atoms in total. The molecular weight excluding hydrogens is 378 g/mol. The van der Waals surface area contributed by atoms with Crippen LogP contribution in [0.3, 0.4) is 0 Å². The molecule has 0 radical (unpaired) electrons. The number of imidazole rings is 1. The van der Waals surface area contributed by atoms with E-state index in [-0.39, 0.29) is 6.54 Å². The van der Waals surface area contributed by atoms with Gasteiger partial charge in [0, 0.05) is 37.8 Å². The summed E-state index contributed by atoms with van der Waals surface area (Å²) in [7, 11) is 4.89. The Morgan fingerprint density at radius 3 is 2.41 bits per heavy atom. The lowest BCUT2D eigenvalue weighted by atomic mass is 10.0. The van der Waals surface area contributed by atoms with Gasteiger partial charge in [-0.15, -0.1) is 0 Å². The molecule has 3 rings (SSSR count). The monoisotopic (exact) mass is 399 g/mol. The van der Waals surface area contributed by atoms with Crippen molar-refractivity contribution >= 4 is 5.91 Å². The zero-order valence-electron chi connectivity index (χ0n) is 16.2. The van der Waals surface area contributed by atoms with Crippen molar-refractivity contribution in [1.82, 2.24) is 24.4 Å². The second kappa shape index (κ2) is 8.46. The average Bonchev–Trinajstić information content (AvgIpc) is 3.13. The Morgan fingerprint density at radius 1 is 1.17 bits per heavy atom. The molecule has 3 aromatic rings. The van der Waals surface area contributed by atoms with E-state index < -0.39 is 23.2 Å². The Kier molecular flexibility index (Phi) is 5.82. The number of carbonyl (C=O) groups is 1. The van der Waals surface area contributed by atoms with Crippen LogP contribution >= 0.6 is 0 Å². The molecule has 0 aliphatic rings. The van der Waals surface area contributed by atoms with Crippen LogP contribution in [-0.4, -0.2) is 39.2 Å². The molecule has 10 heteroatoms. The maximum Gasteiger partial charge on any atom is 0.328 e. The van der Waals surface area contributed by atoms with Crippen molar-refractivity contribution < 1.29 is 14.3 Å². The van der Waals surface area contributed by atoms with E-state index in [0.717, 1.165) is 4.57 Å². The molecule has 1 unspecified atom stereocenters. The van der Waals surface area contributed by atoms with Crippen molar-refractivity contribution in [2.24, 2.45) is 7.05 Å². The van der Waals surface area contributed by atoms with Crippen LogP contribution in [-0.2, 0) is 18.4 Å². The largest absolute Gasteiger partial charge is 0.497 e. The minimum atomic E-state index is -0.663. The molecule has 0 aliphatic heterocycles. The standard InChI is InChI=1S/C19H21N5O5/c1-23-7-5-20-18(23)17(12-8-13(28-2)10-14(9-12)29-3)21-16(26)11-24-6-4-15(25)22-19(24)27/h4-10,17H,11H2,1-3H3,(H,21,26)(H,22,25,27). The van der Waals surface area contributed by atoms with Gasteiger partial charge in [0.05, 0.1) is 14.2 Å². The fraction of sp³-hybridized carbons (Fsp3) is 0.263. The molecule has 0 saturated heterocycles. The third-order valence-corrected chi connectivity index (χ3v) is 4.34. The smallest absolute Gasteiger partial charge is 0.328 e. The minimum Gasteiger partial charge on any atom is -0.497 e. The van der Waals surface area contributed by atoms with Crippen LogP contribution in [0.4, 0.5) is 0 Å². The van der Waals surface area contributed by atoms with Gasteiger partial charge in [0.25, 0.3) is 5.56 Å². The average molecular weight is 399 g/mol. The maximum absolute atomic E-state index is 12.7. The van der Waals surface area contributed by atoms with Crippen LogP contribution in [0.25, 0.3) is 0 Å². The topological polar surface area (TPSA) is 120 Å². The molecule has 2 heterocycles. The van der Waals surface area contributed by atoms with E-state index in [1.807, 2.05) is 7.05 Å². The van der Waals surface area contributed by atoms with Crippen molar-refractivity contribution in [2.75, 3.05) is 14.2 Å². The first-order chi connectivity index (χ1) is 13.9. The van der Waals surface area contributed by atoms with Gasteiger partial charge in [0.2, 0.25) is 5.91 Å². The Morgan fingerprint density at radius 2 is 1.86 bits per heavy atom.